The first-order chi connectivity index (χ1) is 7.43. The number of nitrogens with zero attached hydrogens (tertiary/aromatic N) is 1. The first-order valence-corrected chi connectivity index (χ1v) is 6.99. The SMILES string of the molecule is N#Cc1sc2cc(Br)ccc2c1S(=O)(=O)F. The zero-order chi connectivity index (χ0) is 11.9. The Hall–Kier alpha value is -0.970. The molecule has 2 aromatic rings. The summed E-state index contributed by atoms with van der Waals surface area (Å²) in [4.78, 5) is -0.655. The van der Waals surface area contributed by atoms with E-state index in [4.69, 9.17) is 5.26 Å². The van der Waals surface area contributed by atoms with Gasteiger partial charge in [-0.1, -0.05) is 22.0 Å². The summed E-state index contributed by atoms with van der Waals surface area (Å²) >= 11 is 4.17. The van der Waals surface area contributed by atoms with Gasteiger partial charge < -0.3 is 0 Å². The van der Waals surface area contributed by atoms with E-state index < -0.39 is 15.1 Å². The molecule has 0 atom stereocenters. The van der Waals surface area contributed by atoms with Crippen molar-refractivity contribution in [2.45, 2.75) is 4.90 Å². The number of benzene rings is 1. The van der Waals surface area contributed by atoms with Crippen molar-refractivity contribution in [3.63, 3.8) is 0 Å². The van der Waals surface area contributed by atoms with E-state index in [2.05, 4.69) is 15.9 Å². The third-order valence-corrected chi connectivity index (χ3v) is 4.54. The molecule has 0 N–H and O–H groups in total. The first-order valence-electron chi connectivity index (χ1n) is 4.00. The Balaban J connectivity index is 2.97. The number of fused-ring (bicyclic) bond motifs is 1. The summed E-state index contributed by atoms with van der Waals surface area (Å²) in [7, 11) is -4.87. The minimum Gasteiger partial charge on any atom is -0.191 e. The number of nitriles is 1. The lowest BCUT2D eigenvalue weighted by Crippen LogP contribution is -1.92. The van der Waals surface area contributed by atoms with Crippen molar-refractivity contribution >= 4 is 47.6 Å². The predicted octanol–water partition coefficient (Wildman–Crippen LogP) is 3.19. The van der Waals surface area contributed by atoms with E-state index in [9.17, 15) is 12.3 Å². The molecule has 3 nitrogen and oxygen atoms in total. The molecule has 1 heterocycles. The molecule has 0 bridgehead atoms. The van der Waals surface area contributed by atoms with Gasteiger partial charge in [-0.15, -0.1) is 15.2 Å². The van der Waals surface area contributed by atoms with E-state index in [0.29, 0.717) is 4.70 Å². The van der Waals surface area contributed by atoms with Gasteiger partial charge in [0.05, 0.1) is 0 Å². The van der Waals surface area contributed by atoms with Crippen LogP contribution >= 0.6 is 27.3 Å². The van der Waals surface area contributed by atoms with Crippen LogP contribution < -0.4 is 0 Å². The Kier molecular flexibility index (Phi) is 2.74. The summed E-state index contributed by atoms with van der Waals surface area (Å²) < 4.78 is 36.2. The smallest absolute Gasteiger partial charge is 0.191 e. The molecule has 82 valence electrons. The number of halogens is 2. The molecule has 1 aromatic heterocycles. The van der Waals surface area contributed by atoms with Crippen molar-refractivity contribution in [3.05, 3.63) is 27.5 Å². The van der Waals surface area contributed by atoms with Gasteiger partial charge >= 0.3 is 10.2 Å². The largest absolute Gasteiger partial charge is 0.334 e. The lowest BCUT2D eigenvalue weighted by molar-refractivity contribution is 0.553. The van der Waals surface area contributed by atoms with Gasteiger partial charge in [-0.05, 0) is 12.1 Å². The average molecular weight is 320 g/mol. The number of hydrogen-bond acceptors (Lipinski definition) is 4. The number of thiophene rings is 1. The van der Waals surface area contributed by atoms with Crippen LogP contribution in [0.25, 0.3) is 10.1 Å². The third kappa shape index (κ3) is 1.84. The lowest BCUT2D eigenvalue weighted by Gasteiger charge is -1.94. The summed E-state index contributed by atoms with van der Waals surface area (Å²) in [6.07, 6.45) is 0. The van der Waals surface area contributed by atoms with E-state index in [1.54, 1.807) is 18.2 Å². The zero-order valence-corrected chi connectivity index (χ0v) is 10.8. The van der Waals surface area contributed by atoms with Gasteiger partial charge in [-0.25, -0.2) is 0 Å². The summed E-state index contributed by atoms with van der Waals surface area (Å²) in [6, 6.07) is 6.42. The molecule has 0 amide bonds. The van der Waals surface area contributed by atoms with E-state index in [1.807, 2.05) is 0 Å². The van der Waals surface area contributed by atoms with Crippen molar-refractivity contribution in [2.75, 3.05) is 0 Å². The van der Waals surface area contributed by atoms with Gasteiger partial charge in [0, 0.05) is 14.6 Å². The van der Waals surface area contributed by atoms with Crippen LogP contribution in [0.1, 0.15) is 4.88 Å². The zero-order valence-electron chi connectivity index (χ0n) is 7.57. The highest BCUT2D eigenvalue weighted by Gasteiger charge is 2.24. The molecule has 0 aliphatic heterocycles. The molecular weight excluding hydrogens is 317 g/mol. The third-order valence-electron chi connectivity index (χ3n) is 1.95. The maximum absolute atomic E-state index is 13.0. The van der Waals surface area contributed by atoms with Crippen LogP contribution in [0.15, 0.2) is 27.6 Å². The van der Waals surface area contributed by atoms with Crippen molar-refractivity contribution < 1.29 is 12.3 Å². The van der Waals surface area contributed by atoms with Crippen LogP contribution in [-0.2, 0) is 10.2 Å². The monoisotopic (exact) mass is 319 g/mol. The fourth-order valence-corrected chi connectivity index (χ4v) is 4.01. The first kappa shape index (κ1) is 11.5. The molecule has 2 rings (SSSR count). The fraction of sp³-hybridized carbons (Fsp3) is 0. The van der Waals surface area contributed by atoms with Crippen LogP contribution in [0.2, 0.25) is 0 Å². The van der Waals surface area contributed by atoms with E-state index in [-0.39, 0.29) is 10.3 Å². The van der Waals surface area contributed by atoms with Gasteiger partial charge in [0.1, 0.15) is 15.8 Å². The molecule has 0 saturated heterocycles. The van der Waals surface area contributed by atoms with Gasteiger partial charge in [0.25, 0.3) is 0 Å². The second-order valence-corrected chi connectivity index (χ2v) is 6.20. The predicted molar refractivity (Wildman–Crippen MR) is 62.5 cm³/mol. The van der Waals surface area contributed by atoms with Gasteiger partial charge in [0.15, 0.2) is 0 Å². The minimum absolute atomic E-state index is 0.129. The Bertz CT molecular complexity index is 715. The van der Waals surface area contributed by atoms with Crippen LogP contribution in [0.3, 0.4) is 0 Å². The molecule has 16 heavy (non-hydrogen) atoms. The van der Waals surface area contributed by atoms with Crippen molar-refractivity contribution in [2.24, 2.45) is 0 Å². The average Bonchev–Trinajstić information content (AvgIpc) is 2.54. The molecule has 0 radical (unpaired) electrons. The second-order valence-electron chi connectivity index (χ2n) is 2.95. The van der Waals surface area contributed by atoms with Crippen LogP contribution in [-0.4, -0.2) is 8.42 Å². The summed E-state index contributed by atoms with van der Waals surface area (Å²) in [5, 5.41) is 9.01. The molecule has 1 aromatic carbocycles. The van der Waals surface area contributed by atoms with Crippen LogP contribution in [0.5, 0.6) is 0 Å². The van der Waals surface area contributed by atoms with E-state index >= 15 is 0 Å². The van der Waals surface area contributed by atoms with Crippen molar-refractivity contribution in [1.29, 1.82) is 5.26 Å². The Morgan fingerprint density at radius 1 is 1.44 bits per heavy atom. The molecular formula is C9H3BrFNO2S2. The van der Waals surface area contributed by atoms with Gasteiger partial charge in [-0.3, -0.25) is 0 Å². The van der Waals surface area contributed by atoms with Gasteiger partial charge in [0.2, 0.25) is 0 Å². The van der Waals surface area contributed by atoms with E-state index in [0.717, 1.165) is 15.8 Å². The lowest BCUT2D eigenvalue weighted by atomic mass is 10.2. The molecule has 0 aliphatic rings. The highest BCUT2D eigenvalue weighted by molar-refractivity contribution is 9.10. The van der Waals surface area contributed by atoms with Crippen LogP contribution in [0.4, 0.5) is 3.89 Å². The topological polar surface area (TPSA) is 57.9 Å². The molecule has 0 aliphatic carbocycles. The number of hydrogen-bond donors (Lipinski definition) is 0. The molecule has 7 heteroatoms. The summed E-state index contributed by atoms with van der Waals surface area (Å²) in [6.45, 7) is 0. The Labute approximate surface area is 103 Å². The van der Waals surface area contributed by atoms with Crippen molar-refractivity contribution in [1.82, 2.24) is 0 Å². The highest BCUT2D eigenvalue weighted by Crippen LogP contribution is 2.36. The molecule has 0 unspecified atom stereocenters. The second kappa shape index (κ2) is 3.80. The molecule has 0 spiro atoms. The minimum atomic E-state index is -4.87. The number of rotatable bonds is 1. The normalized spacial score (nSPS) is 11.6. The molecule has 0 saturated carbocycles. The van der Waals surface area contributed by atoms with Crippen molar-refractivity contribution in [3.8, 4) is 6.07 Å². The fourth-order valence-electron chi connectivity index (χ4n) is 1.36. The quantitative estimate of drug-likeness (QED) is 0.758. The standard InChI is InChI=1S/C9H3BrFNO2S2/c10-5-1-2-6-7(3-5)15-8(4-12)9(6)16(11,13)14/h1-3H. The highest BCUT2D eigenvalue weighted by atomic mass is 79.9. The maximum atomic E-state index is 13.0. The summed E-state index contributed by atoms with van der Waals surface area (Å²) in [5.74, 6) is 0. The maximum Gasteiger partial charge on any atom is 0.334 e. The van der Waals surface area contributed by atoms with Crippen LogP contribution in [0, 0.1) is 11.3 Å². The van der Waals surface area contributed by atoms with Gasteiger partial charge in [-0.2, -0.15) is 13.7 Å². The summed E-state index contributed by atoms with van der Waals surface area (Å²) in [5.41, 5.74) is 0. The molecule has 0 fully saturated rings. The Morgan fingerprint density at radius 2 is 2.12 bits per heavy atom. The Morgan fingerprint density at radius 3 is 2.69 bits per heavy atom. The van der Waals surface area contributed by atoms with E-state index in [1.165, 1.54) is 6.07 Å².